The maximum atomic E-state index is 11.5. The molecule has 0 spiro atoms. The van der Waals surface area contributed by atoms with E-state index in [1.165, 1.54) is 0 Å². The third kappa shape index (κ3) is 2.95. The minimum Gasteiger partial charge on any atom is -0.258 e. The van der Waals surface area contributed by atoms with Crippen molar-refractivity contribution >= 4 is 17.1 Å². The van der Waals surface area contributed by atoms with Gasteiger partial charge in [0.1, 0.15) is 0 Å². The lowest BCUT2D eigenvalue weighted by Crippen LogP contribution is -2.19. The van der Waals surface area contributed by atoms with Crippen LogP contribution in [-0.4, -0.2) is 10.6 Å². The molecule has 26 heavy (non-hydrogen) atoms. The van der Waals surface area contributed by atoms with Gasteiger partial charge in [-0.25, -0.2) is 0 Å². The summed E-state index contributed by atoms with van der Waals surface area (Å²) in [6.07, 6.45) is 0.615. The quantitative estimate of drug-likeness (QED) is 0.497. The van der Waals surface area contributed by atoms with E-state index in [-0.39, 0.29) is 16.7 Å². The Kier molecular flexibility index (Phi) is 4.19. The molecular formula is C21H17N3O2. The fraction of sp³-hybridized carbons (Fsp3) is 0.0952. The monoisotopic (exact) mass is 343 g/mol. The molecule has 0 unspecified atom stereocenters. The van der Waals surface area contributed by atoms with Crippen LogP contribution in [0.4, 0.5) is 11.4 Å². The van der Waals surface area contributed by atoms with Crippen molar-refractivity contribution in [1.82, 2.24) is 0 Å². The number of nitrogens with zero attached hydrogens (tertiary/aromatic N) is 3. The van der Waals surface area contributed by atoms with Crippen LogP contribution in [0.1, 0.15) is 23.6 Å². The van der Waals surface area contributed by atoms with Crippen molar-refractivity contribution in [1.29, 1.82) is 0 Å². The lowest BCUT2D eigenvalue weighted by Gasteiger charge is -2.23. The van der Waals surface area contributed by atoms with Gasteiger partial charge in [-0.3, -0.25) is 15.1 Å². The first-order chi connectivity index (χ1) is 12.7. The molecule has 0 amide bonds. The van der Waals surface area contributed by atoms with Gasteiger partial charge in [0.2, 0.25) is 0 Å². The van der Waals surface area contributed by atoms with Gasteiger partial charge in [0, 0.05) is 12.5 Å². The highest BCUT2D eigenvalue weighted by atomic mass is 16.6. The Balaban J connectivity index is 1.80. The molecule has 5 heteroatoms. The van der Waals surface area contributed by atoms with E-state index in [0.717, 1.165) is 17.0 Å². The average molecular weight is 343 g/mol. The Bertz CT molecular complexity index is 955. The molecule has 1 aliphatic heterocycles. The molecule has 3 aromatic rings. The summed E-state index contributed by atoms with van der Waals surface area (Å²) in [6.45, 7) is 0. The van der Waals surface area contributed by atoms with Gasteiger partial charge >= 0.3 is 0 Å². The zero-order chi connectivity index (χ0) is 17.9. The first kappa shape index (κ1) is 16.0. The van der Waals surface area contributed by atoms with Crippen molar-refractivity contribution in [3.8, 4) is 0 Å². The van der Waals surface area contributed by atoms with E-state index in [4.69, 9.17) is 5.10 Å². The van der Waals surface area contributed by atoms with E-state index >= 15 is 0 Å². The summed E-state index contributed by atoms with van der Waals surface area (Å²) in [5, 5.41) is 18.2. The molecule has 1 atom stereocenters. The fourth-order valence-corrected chi connectivity index (χ4v) is 3.31. The molecule has 128 valence electrons. The molecule has 0 aliphatic carbocycles. The lowest BCUT2D eigenvalue weighted by atomic mass is 9.97. The minimum absolute atomic E-state index is 0.128. The fourth-order valence-electron chi connectivity index (χ4n) is 3.31. The van der Waals surface area contributed by atoms with Gasteiger partial charge in [-0.2, -0.15) is 5.10 Å². The standard InChI is InChI=1S/C21H17N3O2/c25-24(26)20-14-8-7-13-18(20)21-15-19(16-9-3-1-4-10-16)22-23(21)17-11-5-2-6-12-17/h1-14,21H,15H2/t21-/m1/s1. The summed E-state index contributed by atoms with van der Waals surface area (Å²) in [5.74, 6) is 0. The summed E-state index contributed by atoms with van der Waals surface area (Å²) in [5.41, 5.74) is 3.69. The largest absolute Gasteiger partial charge is 0.274 e. The van der Waals surface area contributed by atoms with Crippen LogP contribution in [0.3, 0.4) is 0 Å². The van der Waals surface area contributed by atoms with Crippen LogP contribution < -0.4 is 5.01 Å². The molecular weight excluding hydrogens is 326 g/mol. The van der Waals surface area contributed by atoms with Crippen LogP contribution in [-0.2, 0) is 0 Å². The van der Waals surface area contributed by atoms with Crippen LogP contribution in [0, 0.1) is 10.1 Å². The van der Waals surface area contributed by atoms with Crippen molar-refractivity contribution < 1.29 is 4.92 Å². The predicted molar refractivity (Wildman–Crippen MR) is 102 cm³/mol. The number of nitro benzene ring substituents is 1. The number of hydrazone groups is 1. The molecule has 3 aromatic carbocycles. The molecule has 0 fully saturated rings. The first-order valence-electron chi connectivity index (χ1n) is 8.44. The van der Waals surface area contributed by atoms with Gasteiger partial charge < -0.3 is 0 Å². The van der Waals surface area contributed by atoms with Crippen LogP contribution in [0.25, 0.3) is 0 Å². The second-order valence-electron chi connectivity index (χ2n) is 6.13. The van der Waals surface area contributed by atoms with E-state index in [9.17, 15) is 10.1 Å². The van der Waals surface area contributed by atoms with Gasteiger partial charge in [-0.15, -0.1) is 0 Å². The molecule has 0 bridgehead atoms. The van der Waals surface area contributed by atoms with Gasteiger partial charge in [0.25, 0.3) is 5.69 Å². The molecule has 0 saturated heterocycles. The maximum absolute atomic E-state index is 11.5. The average Bonchev–Trinajstić information content (AvgIpc) is 3.14. The van der Waals surface area contributed by atoms with Crippen molar-refractivity contribution in [2.75, 3.05) is 5.01 Å². The van der Waals surface area contributed by atoms with Crippen LogP contribution in [0.15, 0.2) is 90.0 Å². The second kappa shape index (κ2) is 6.80. The Morgan fingerprint density at radius 1 is 0.885 bits per heavy atom. The Hall–Kier alpha value is -3.47. The maximum Gasteiger partial charge on any atom is 0.274 e. The van der Waals surface area contributed by atoms with Crippen LogP contribution >= 0.6 is 0 Å². The van der Waals surface area contributed by atoms with E-state index in [1.54, 1.807) is 12.1 Å². The van der Waals surface area contributed by atoms with E-state index in [0.29, 0.717) is 12.0 Å². The molecule has 1 heterocycles. The number of anilines is 1. The number of para-hydroxylation sites is 2. The predicted octanol–water partition coefficient (Wildman–Crippen LogP) is 4.95. The zero-order valence-corrected chi connectivity index (χ0v) is 14.0. The number of rotatable bonds is 4. The van der Waals surface area contributed by atoms with E-state index in [2.05, 4.69) is 0 Å². The van der Waals surface area contributed by atoms with Crippen LogP contribution in [0.2, 0.25) is 0 Å². The summed E-state index contributed by atoms with van der Waals surface area (Å²) in [6, 6.07) is 26.4. The number of benzene rings is 3. The Morgan fingerprint density at radius 3 is 2.19 bits per heavy atom. The second-order valence-corrected chi connectivity index (χ2v) is 6.13. The van der Waals surface area contributed by atoms with Gasteiger partial charge in [-0.1, -0.05) is 60.7 Å². The van der Waals surface area contributed by atoms with E-state index in [1.807, 2.05) is 77.8 Å². The first-order valence-corrected chi connectivity index (χ1v) is 8.44. The molecule has 0 aromatic heterocycles. The SMILES string of the molecule is O=[N+]([O-])c1ccccc1[C@H]1CC(c2ccccc2)=NN1c1ccccc1. The molecule has 1 aliphatic rings. The topological polar surface area (TPSA) is 58.7 Å². The molecule has 4 rings (SSSR count). The summed E-state index contributed by atoms with van der Waals surface area (Å²) < 4.78 is 0. The van der Waals surface area contributed by atoms with Gasteiger partial charge in [0.05, 0.1) is 27.9 Å². The van der Waals surface area contributed by atoms with Crippen molar-refractivity contribution in [3.05, 3.63) is 106 Å². The number of hydrogen-bond acceptors (Lipinski definition) is 4. The van der Waals surface area contributed by atoms with Gasteiger partial charge in [-0.05, 0) is 23.8 Å². The van der Waals surface area contributed by atoms with Crippen molar-refractivity contribution in [2.45, 2.75) is 12.5 Å². The normalized spacial score (nSPS) is 16.4. The minimum atomic E-state index is -0.320. The third-order valence-corrected chi connectivity index (χ3v) is 4.53. The molecule has 0 saturated carbocycles. The highest BCUT2D eigenvalue weighted by Crippen LogP contribution is 2.39. The zero-order valence-electron chi connectivity index (χ0n) is 14.0. The Labute approximate surface area is 151 Å². The molecule has 5 nitrogen and oxygen atoms in total. The van der Waals surface area contributed by atoms with E-state index < -0.39 is 0 Å². The Morgan fingerprint density at radius 2 is 1.50 bits per heavy atom. The smallest absolute Gasteiger partial charge is 0.258 e. The van der Waals surface area contributed by atoms with Crippen molar-refractivity contribution in [2.24, 2.45) is 5.10 Å². The lowest BCUT2D eigenvalue weighted by molar-refractivity contribution is -0.385. The van der Waals surface area contributed by atoms with Gasteiger partial charge in [0.15, 0.2) is 0 Å². The summed E-state index contributed by atoms with van der Waals surface area (Å²) in [4.78, 5) is 11.2. The number of hydrogen-bond donors (Lipinski definition) is 0. The molecule has 0 N–H and O–H groups in total. The summed E-state index contributed by atoms with van der Waals surface area (Å²) in [7, 11) is 0. The molecule has 0 radical (unpaired) electrons. The number of nitro groups is 1. The highest BCUT2D eigenvalue weighted by molar-refractivity contribution is 6.03. The highest BCUT2D eigenvalue weighted by Gasteiger charge is 2.33. The van der Waals surface area contributed by atoms with Crippen LogP contribution in [0.5, 0.6) is 0 Å². The third-order valence-electron chi connectivity index (χ3n) is 4.53. The van der Waals surface area contributed by atoms with Crippen molar-refractivity contribution in [3.63, 3.8) is 0 Å². The summed E-state index contributed by atoms with van der Waals surface area (Å²) >= 11 is 0.